The van der Waals surface area contributed by atoms with Gasteiger partial charge in [-0.3, -0.25) is 4.90 Å². The van der Waals surface area contributed by atoms with Crippen LogP contribution in [0.25, 0.3) is 0 Å². The maximum Gasteiger partial charge on any atom is 0.191 e. The molecule has 1 aromatic heterocycles. The molecule has 0 spiro atoms. The molecule has 2 N–H and O–H groups in total. The van der Waals surface area contributed by atoms with E-state index < -0.39 is 0 Å². The summed E-state index contributed by atoms with van der Waals surface area (Å²) in [5.74, 6) is 1.87. The predicted octanol–water partition coefficient (Wildman–Crippen LogP) is 1.44. The quantitative estimate of drug-likeness (QED) is 0.402. The van der Waals surface area contributed by atoms with E-state index in [-0.39, 0.29) is 0 Å². The summed E-state index contributed by atoms with van der Waals surface area (Å²) < 4.78 is 2.08. The van der Waals surface area contributed by atoms with Gasteiger partial charge < -0.3 is 15.2 Å². The molecular formula is C18H33N7. The van der Waals surface area contributed by atoms with Crippen LogP contribution in [0, 0.1) is 0 Å². The first-order chi connectivity index (χ1) is 12.1. The lowest BCUT2D eigenvalue weighted by Gasteiger charge is -2.24. The number of aliphatic imine (C=N–C) groups is 1. The summed E-state index contributed by atoms with van der Waals surface area (Å²) in [5, 5.41) is 15.0. The zero-order valence-electron chi connectivity index (χ0n) is 16.0. The summed E-state index contributed by atoms with van der Waals surface area (Å²) in [7, 11) is 0. The van der Waals surface area contributed by atoms with Crippen molar-refractivity contribution in [3.8, 4) is 0 Å². The third-order valence-corrected chi connectivity index (χ3v) is 4.57. The fourth-order valence-electron chi connectivity index (χ4n) is 3.18. The monoisotopic (exact) mass is 347 g/mol. The molecule has 0 aromatic carbocycles. The van der Waals surface area contributed by atoms with Gasteiger partial charge in [0.25, 0.3) is 0 Å². The van der Waals surface area contributed by atoms with Crippen LogP contribution in [0.15, 0.2) is 23.5 Å². The Labute approximate surface area is 151 Å². The highest BCUT2D eigenvalue weighted by Crippen LogP contribution is 2.15. The number of guanidine groups is 1. The molecule has 1 aromatic rings. The van der Waals surface area contributed by atoms with E-state index >= 15 is 0 Å². The van der Waals surface area contributed by atoms with Crippen LogP contribution < -0.4 is 10.6 Å². The molecule has 1 unspecified atom stereocenters. The van der Waals surface area contributed by atoms with Crippen LogP contribution in [0.1, 0.15) is 39.4 Å². The fraction of sp³-hybridized carbons (Fsp3) is 0.722. The summed E-state index contributed by atoms with van der Waals surface area (Å²) in [5.41, 5.74) is 1.06. The lowest BCUT2D eigenvalue weighted by Crippen LogP contribution is -2.45. The van der Waals surface area contributed by atoms with Gasteiger partial charge in [0.05, 0.1) is 6.54 Å². The van der Waals surface area contributed by atoms with Gasteiger partial charge in [-0.15, -0.1) is 10.2 Å². The largest absolute Gasteiger partial charge is 0.355 e. The van der Waals surface area contributed by atoms with Crippen molar-refractivity contribution in [2.24, 2.45) is 4.99 Å². The van der Waals surface area contributed by atoms with Gasteiger partial charge in [-0.25, -0.2) is 4.99 Å². The Morgan fingerprint density at radius 1 is 1.40 bits per heavy atom. The standard InChI is InChI=1S/C18H33N7/c1-5-17-23-22-14-25(17)11-9-19-18(20-12-15(3)4)21-13-16-8-7-10-24(16)6-2/h14,16H,3,5-13H2,1-2,4H3,(H2,19,20,21). The number of hydrogen-bond donors (Lipinski definition) is 2. The van der Waals surface area contributed by atoms with Gasteiger partial charge in [0, 0.05) is 32.1 Å². The molecular weight excluding hydrogens is 314 g/mol. The molecule has 25 heavy (non-hydrogen) atoms. The van der Waals surface area contributed by atoms with Crippen molar-refractivity contribution < 1.29 is 0 Å². The maximum atomic E-state index is 4.63. The minimum absolute atomic E-state index is 0.603. The molecule has 0 radical (unpaired) electrons. The smallest absolute Gasteiger partial charge is 0.191 e. The summed E-state index contributed by atoms with van der Waals surface area (Å²) >= 11 is 0. The number of aromatic nitrogens is 3. The van der Waals surface area contributed by atoms with Crippen LogP contribution in [-0.4, -0.2) is 64.4 Å². The molecule has 7 heteroatoms. The van der Waals surface area contributed by atoms with Crippen molar-refractivity contribution in [2.75, 3.05) is 32.7 Å². The normalized spacial score (nSPS) is 18.5. The van der Waals surface area contributed by atoms with E-state index in [1.807, 2.05) is 6.92 Å². The third-order valence-electron chi connectivity index (χ3n) is 4.57. The molecule has 7 nitrogen and oxygen atoms in total. The van der Waals surface area contributed by atoms with Crippen molar-refractivity contribution >= 4 is 5.96 Å². The van der Waals surface area contributed by atoms with Crippen LogP contribution in [0.2, 0.25) is 0 Å². The van der Waals surface area contributed by atoms with E-state index in [2.05, 4.69) is 55.7 Å². The average Bonchev–Trinajstić information content (AvgIpc) is 3.24. The molecule has 2 heterocycles. The highest BCUT2D eigenvalue weighted by Gasteiger charge is 2.22. The second-order valence-corrected chi connectivity index (χ2v) is 6.65. The van der Waals surface area contributed by atoms with Crippen molar-refractivity contribution in [3.63, 3.8) is 0 Å². The Hall–Kier alpha value is -1.89. The molecule has 1 atom stereocenters. The minimum atomic E-state index is 0.603. The Morgan fingerprint density at radius 3 is 2.96 bits per heavy atom. The number of likely N-dealkylation sites (tertiary alicyclic amines) is 1. The first kappa shape index (κ1) is 19.4. The van der Waals surface area contributed by atoms with Crippen LogP contribution in [0.3, 0.4) is 0 Å². The molecule has 0 amide bonds. The van der Waals surface area contributed by atoms with Gasteiger partial charge >= 0.3 is 0 Å². The second kappa shape index (κ2) is 10.2. The summed E-state index contributed by atoms with van der Waals surface area (Å²) in [6, 6.07) is 0.603. The zero-order valence-corrected chi connectivity index (χ0v) is 16.0. The van der Waals surface area contributed by atoms with E-state index in [0.29, 0.717) is 12.6 Å². The number of hydrogen-bond acceptors (Lipinski definition) is 4. The van der Waals surface area contributed by atoms with E-state index in [4.69, 9.17) is 0 Å². The van der Waals surface area contributed by atoms with Crippen molar-refractivity contribution in [3.05, 3.63) is 24.3 Å². The van der Waals surface area contributed by atoms with Crippen molar-refractivity contribution in [1.29, 1.82) is 0 Å². The van der Waals surface area contributed by atoms with Crippen LogP contribution in [0.4, 0.5) is 0 Å². The van der Waals surface area contributed by atoms with Gasteiger partial charge in [-0.1, -0.05) is 26.0 Å². The van der Waals surface area contributed by atoms with E-state index in [9.17, 15) is 0 Å². The molecule has 1 aliphatic rings. The number of nitrogens with zero attached hydrogens (tertiary/aromatic N) is 5. The van der Waals surface area contributed by atoms with E-state index in [0.717, 1.165) is 50.0 Å². The highest BCUT2D eigenvalue weighted by atomic mass is 15.3. The lowest BCUT2D eigenvalue weighted by molar-refractivity contribution is 0.267. The number of likely N-dealkylation sites (N-methyl/N-ethyl adjacent to an activating group) is 1. The molecule has 0 aliphatic carbocycles. The van der Waals surface area contributed by atoms with Gasteiger partial charge in [0.15, 0.2) is 5.96 Å². The molecule has 1 saturated heterocycles. The zero-order chi connectivity index (χ0) is 18.1. The molecule has 2 rings (SSSR count). The van der Waals surface area contributed by atoms with Crippen LogP contribution in [0.5, 0.6) is 0 Å². The summed E-state index contributed by atoms with van der Waals surface area (Å²) in [6.07, 6.45) is 5.23. The fourth-order valence-corrected chi connectivity index (χ4v) is 3.18. The van der Waals surface area contributed by atoms with Crippen LogP contribution in [-0.2, 0) is 13.0 Å². The van der Waals surface area contributed by atoms with Gasteiger partial charge in [0.1, 0.15) is 12.2 Å². The van der Waals surface area contributed by atoms with E-state index in [1.54, 1.807) is 6.33 Å². The van der Waals surface area contributed by atoms with Gasteiger partial charge in [-0.2, -0.15) is 0 Å². The predicted molar refractivity (Wildman–Crippen MR) is 103 cm³/mol. The molecule has 1 fully saturated rings. The van der Waals surface area contributed by atoms with E-state index in [1.165, 1.54) is 19.4 Å². The molecule has 1 aliphatic heterocycles. The topological polar surface area (TPSA) is 70.4 Å². The minimum Gasteiger partial charge on any atom is -0.355 e. The Balaban J connectivity index is 1.85. The van der Waals surface area contributed by atoms with Crippen molar-refractivity contribution in [1.82, 2.24) is 30.3 Å². The summed E-state index contributed by atoms with van der Waals surface area (Å²) in [6.45, 7) is 15.8. The Morgan fingerprint density at radius 2 is 2.24 bits per heavy atom. The summed E-state index contributed by atoms with van der Waals surface area (Å²) in [4.78, 5) is 7.17. The highest BCUT2D eigenvalue weighted by molar-refractivity contribution is 5.79. The van der Waals surface area contributed by atoms with Gasteiger partial charge in [0.2, 0.25) is 0 Å². The van der Waals surface area contributed by atoms with Crippen molar-refractivity contribution in [2.45, 2.75) is 52.6 Å². The first-order valence-corrected chi connectivity index (χ1v) is 9.41. The number of nitrogens with one attached hydrogen (secondary N) is 2. The third kappa shape index (κ3) is 6.16. The molecule has 140 valence electrons. The second-order valence-electron chi connectivity index (χ2n) is 6.65. The Bertz CT molecular complexity index is 564. The van der Waals surface area contributed by atoms with Gasteiger partial charge in [-0.05, 0) is 32.9 Å². The number of aryl methyl sites for hydroxylation is 1. The molecule has 0 bridgehead atoms. The number of rotatable bonds is 9. The molecule has 0 saturated carbocycles. The Kier molecular flexibility index (Phi) is 7.91. The average molecular weight is 348 g/mol. The van der Waals surface area contributed by atoms with Crippen LogP contribution >= 0.6 is 0 Å². The first-order valence-electron chi connectivity index (χ1n) is 9.41. The lowest BCUT2D eigenvalue weighted by atomic mass is 10.2. The SMILES string of the molecule is C=C(C)CN=C(NCCn1cnnc1CC)NCC1CCCN1CC. The maximum absolute atomic E-state index is 4.63.